The van der Waals surface area contributed by atoms with Gasteiger partial charge in [-0.1, -0.05) is 54.6 Å². The van der Waals surface area contributed by atoms with Crippen molar-refractivity contribution >= 4 is 43.6 Å². The van der Waals surface area contributed by atoms with Crippen LogP contribution in [0, 0.1) is 0 Å². The molecule has 0 fully saturated rings. The van der Waals surface area contributed by atoms with Crippen molar-refractivity contribution in [3.05, 3.63) is 84.9 Å². The second kappa shape index (κ2) is 5.24. The maximum atomic E-state index is 3.51. The first-order chi connectivity index (χ1) is 13.3. The van der Waals surface area contributed by atoms with Crippen LogP contribution in [0.5, 0.6) is 0 Å². The number of H-pyrrole nitrogens is 1. The Balaban J connectivity index is 1.61. The Hall–Kier alpha value is -3.52. The van der Waals surface area contributed by atoms with Crippen LogP contribution in [0.25, 0.3) is 54.7 Å². The van der Waals surface area contributed by atoms with Crippen molar-refractivity contribution in [3.8, 4) is 11.1 Å². The van der Waals surface area contributed by atoms with Crippen LogP contribution >= 0.6 is 0 Å². The van der Waals surface area contributed by atoms with E-state index >= 15 is 0 Å². The molecule has 0 spiro atoms. The minimum Gasteiger partial charge on any atom is -0.355 e. The van der Waals surface area contributed by atoms with Gasteiger partial charge in [0, 0.05) is 50.7 Å². The average Bonchev–Trinajstić information content (AvgIpc) is 3.23. The summed E-state index contributed by atoms with van der Waals surface area (Å²) in [6, 6.07) is 30.6. The summed E-state index contributed by atoms with van der Waals surface area (Å²) in [6.07, 6.45) is 0. The van der Waals surface area contributed by atoms with Gasteiger partial charge in [0.1, 0.15) is 0 Å². The summed E-state index contributed by atoms with van der Waals surface area (Å²) in [7, 11) is 2.15. The van der Waals surface area contributed by atoms with E-state index in [4.69, 9.17) is 0 Å². The van der Waals surface area contributed by atoms with Gasteiger partial charge in [0.25, 0.3) is 0 Å². The molecule has 0 aliphatic carbocycles. The number of fused-ring (bicyclic) bond motifs is 6. The Kier molecular flexibility index (Phi) is 2.84. The van der Waals surface area contributed by atoms with E-state index < -0.39 is 0 Å². The summed E-state index contributed by atoms with van der Waals surface area (Å²) >= 11 is 0. The van der Waals surface area contributed by atoms with Gasteiger partial charge in [0.2, 0.25) is 0 Å². The molecule has 0 aliphatic rings. The van der Waals surface area contributed by atoms with Crippen LogP contribution < -0.4 is 0 Å². The Labute approximate surface area is 156 Å². The fraction of sp³-hybridized carbons (Fsp3) is 0.0400. The summed E-state index contributed by atoms with van der Waals surface area (Å²) in [5.41, 5.74) is 7.42. The van der Waals surface area contributed by atoms with Gasteiger partial charge in [-0.25, -0.2) is 0 Å². The Morgan fingerprint density at radius 3 is 2.15 bits per heavy atom. The van der Waals surface area contributed by atoms with E-state index in [1.54, 1.807) is 0 Å². The summed E-state index contributed by atoms with van der Waals surface area (Å²) in [5.74, 6) is 0. The Morgan fingerprint density at radius 2 is 1.22 bits per heavy atom. The second-order valence-corrected chi connectivity index (χ2v) is 7.24. The topological polar surface area (TPSA) is 20.7 Å². The van der Waals surface area contributed by atoms with E-state index in [0.717, 1.165) is 0 Å². The van der Waals surface area contributed by atoms with Crippen LogP contribution in [0.15, 0.2) is 84.9 Å². The number of aromatic nitrogens is 2. The molecule has 128 valence electrons. The number of rotatable bonds is 1. The quantitative estimate of drug-likeness (QED) is 0.345. The van der Waals surface area contributed by atoms with E-state index in [0.29, 0.717) is 0 Å². The van der Waals surface area contributed by atoms with Gasteiger partial charge in [-0.15, -0.1) is 0 Å². The summed E-state index contributed by atoms with van der Waals surface area (Å²) < 4.78 is 2.29. The Morgan fingerprint density at radius 1 is 0.556 bits per heavy atom. The summed E-state index contributed by atoms with van der Waals surface area (Å²) in [4.78, 5) is 3.51. The molecule has 2 aromatic heterocycles. The number of nitrogens with zero attached hydrogens (tertiary/aromatic N) is 1. The molecule has 6 aromatic rings. The van der Waals surface area contributed by atoms with Crippen LogP contribution in [0.2, 0.25) is 0 Å². The zero-order valence-electron chi connectivity index (χ0n) is 15.0. The van der Waals surface area contributed by atoms with Gasteiger partial charge >= 0.3 is 0 Å². The number of para-hydroxylation sites is 2. The zero-order chi connectivity index (χ0) is 18.0. The molecule has 27 heavy (non-hydrogen) atoms. The lowest BCUT2D eigenvalue weighted by atomic mass is 10.0. The summed E-state index contributed by atoms with van der Waals surface area (Å²) in [6.45, 7) is 0. The molecule has 0 radical (unpaired) electrons. The first-order valence-corrected chi connectivity index (χ1v) is 9.28. The van der Waals surface area contributed by atoms with Gasteiger partial charge in [0.15, 0.2) is 0 Å². The maximum Gasteiger partial charge on any atom is 0.0494 e. The largest absolute Gasteiger partial charge is 0.355 e. The summed E-state index contributed by atoms with van der Waals surface area (Å²) in [5, 5.41) is 5.18. The van der Waals surface area contributed by atoms with Crippen molar-refractivity contribution in [1.29, 1.82) is 0 Å². The smallest absolute Gasteiger partial charge is 0.0494 e. The highest BCUT2D eigenvalue weighted by atomic mass is 14.9. The van der Waals surface area contributed by atoms with Crippen LogP contribution in [0.3, 0.4) is 0 Å². The van der Waals surface area contributed by atoms with Crippen molar-refractivity contribution in [1.82, 2.24) is 9.55 Å². The molecule has 0 amide bonds. The highest BCUT2D eigenvalue weighted by molar-refractivity contribution is 6.10. The van der Waals surface area contributed by atoms with Crippen LogP contribution in [-0.2, 0) is 7.05 Å². The minimum atomic E-state index is 1.19. The zero-order valence-corrected chi connectivity index (χ0v) is 15.0. The third-order valence-corrected chi connectivity index (χ3v) is 5.75. The van der Waals surface area contributed by atoms with Gasteiger partial charge in [-0.3, -0.25) is 0 Å². The minimum absolute atomic E-state index is 1.19. The molecule has 4 aromatic carbocycles. The molecule has 0 bridgehead atoms. The van der Waals surface area contributed by atoms with E-state index in [1.807, 2.05) is 0 Å². The lowest BCUT2D eigenvalue weighted by Crippen LogP contribution is -1.87. The first kappa shape index (κ1) is 14.6. The number of aromatic amines is 1. The van der Waals surface area contributed by atoms with Gasteiger partial charge in [0.05, 0.1) is 0 Å². The number of hydrogen-bond donors (Lipinski definition) is 1. The molecule has 0 saturated carbocycles. The van der Waals surface area contributed by atoms with E-state index in [1.165, 1.54) is 54.7 Å². The standard InChI is InChI=1S/C25H18N2/c1-27-24-9-5-3-7-19(24)20-12-10-17(15-25(20)27)16-11-13-23-21(14-16)18-6-2-4-8-22(18)26-23/h2-15,26H,1H3. The normalized spacial score (nSPS) is 11.9. The fourth-order valence-corrected chi connectivity index (χ4v) is 4.37. The second-order valence-electron chi connectivity index (χ2n) is 7.24. The highest BCUT2D eigenvalue weighted by Gasteiger charge is 2.10. The van der Waals surface area contributed by atoms with Crippen molar-refractivity contribution in [2.24, 2.45) is 7.05 Å². The molecular formula is C25H18N2. The molecule has 2 heteroatoms. The van der Waals surface area contributed by atoms with E-state index in [9.17, 15) is 0 Å². The highest BCUT2D eigenvalue weighted by Crippen LogP contribution is 2.34. The molecule has 0 unspecified atom stereocenters. The van der Waals surface area contributed by atoms with Crippen LogP contribution in [0.4, 0.5) is 0 Å². The molecule has 0 saturated heterocycles. The molecule has 1 N–H and O–H groups in total. The Bertz CT molecular complexity index is 1480. The van der Waals surface area contributed by atoms with Crippen LogP contribution in [0.1, 0.15) is 0 Å². The predicted octanol–water partition coefficient (Wildman–Crippen LogP) is 6.63. The van der Waals surface area contributed by atoms with Crippen molar-refractivity contribution in [3.63, 3.8) is 0 Å². The molecule has 2 nitrogen and oxygen atoms in total. The first-order valence-electron chi connectivity index (χ1n) is 9.28. The van der Waals surface area contributed by atoms with Crippen LogP contribution in [-0.4, -0.2) is 9.55 Å². The van der Waals surface area contributed by atoms with Crippen molar-refractivity contribution in [2.75, 3.05) is 0 Å². The maximum absolute atomic E-state index is 3.51. The predicted molar refractivity (Wildman–Crippen MR) is 115 cm³/mol. The van der Waals surface area contributed by atoms with Gasteiger partial charge in [-0.05, 0) is 41.5 Å². The lowest BCUT2D eigenvalue weighted by Gasteiger charge is -2.05. The number of hydrogen-bond acceptors (Lipinski definition) is 0. The molecular weight excluding hydrogens is 328 g/mol. The lowest BCUT2D eigenvalue weighted by molar-refractivity contribution is 1.01. The third kappa shape index (κ3) is 2.01. The van der Waals surface area contributed by atoms with Gasteiger partial charge < -0.3 is 9.55 Å². The van der Waals surface area contributed by atoms with Gasteiger partial charge in [-0.2, -0.15) is 0 Å². The number of benzene rings is 4. The molecule has 0 aliphatic heterocycles. The fourth-order valence-electron chi connectivity index (χ4n) is 4.37. The van der Waals surface area contributed by atoms with E-state index in [2.05, 4.69) is 102 Å². The SMILES string of the molecule is Cn1c2ccccc2c2ccc(-c3ccc4[nH]c5ccccc5c4c3)cc21. The van der Waals surface area contributed by atoms with E-state index in [-0.39, 0.29) is 0 Å². The monoisotopic (exact) mass is 346 g/mol. The molecule has 0 atom stereocenters. The average molecular weight is 346 g/mol. The third-order valence-electron chi connectivity index (χ3n) is 5.75. The molecule has 2 heterocycles. The van der Waals surface area contributed by atoms with Crippen molar-refractivity contribution < 1.29 is 0 Å². The van der Waals surface area contributed by atoms with Crippen molar-refractivity contribution in [2.45, 2.75) is 0 Å². The number of nitrogens with one attached hydrogen (secondary N) is 1. The number of aryl methyl sites for hydroxylation is 1. The molecule has 6 rings (SSSR count).